The molecule has 5 nitrogen and oxygen atoms in total. The zero-order valence-electron chi connectivity index (χ0n) is 16.6. The van der Waals surface area contributed by atoms with Crippen LogP contribution >= 0.6 is 24.0 Å². The lowest BCUT2D eigenvalue weighted by atomic mass is 10.0. The van der Waals surface area contributed by atoms with Gasteiger partial charge in [0.15, 0.2) is 0 Å². The highest BCUT2D eigenvalue weighted by molar-refractivity contribution is 8.26. The molecule has 1 aliphatic heterocycles. The van der Waals surface area contributed by atoms with Crippen LogP contribution < -0.4 is 4.74 Å². The number of hydrogen-bond donors (Lipinski definition) is 0. The molecule has 3 rings (SSSR count). The Hall–Kier alpha value is -2.38. The monoisotopic (exact) mass is 429 g/mol. The molecule has 0 saturated carbocycles. The Balaban J connectivity index is 1.89. The number of esters is 1. The molecule has 0 aromatic heterocycles. The van der Waals surface area contributed by atoms with Gasteiger partial charge in [0, 0.05) is 5.56 Å². The first-order chi connectivity index (χ1) is 13.9. The van der Waals surface area contributed by atoms with E-state index in [2.05, 4.69) is 0 Å². The third-order valence-corrected chi connectivity index (χ3v) is 5.62. The van der Waals surface area contributed by atoms with Crippen LogP contribution in [-0.2, 0) is 14.3 Å². The second-order valence-electron chi connectivity index (χ2n) is 6.98. The first-order valence-electron chi connectivity index (χ1n) is 9.46. The molecule has 0 aliphatic carbocycles. The number of rotatable bonds is 7. The molecule has 1 saturated heterocycles. The zero-order chi connectivity index (χ0) is 21.0. The van der Waals surface area contributed by atoms with Crippen LogP contribution in [0.4, 0.5) is 0 Å². The van der Waals surface area contributed by atoms with Crippen molar-refractivity contribution in [3.63, 3.8) is 0 Å². The van der Waals surface area contributed by atoms with Gasteiger partial charge in [0.2, 0.25) is 0 Å². The fourth-order valence-electron chi connectivity index (χ4n) is 2.91. The molecule has 7 heteroatoms. The highest BCUT2D eigenvalue weighted by Gasteiger charge is 2.34. The summed E-state index contributed by atoms with van der Waals surface area (Å²) in [6.45, 7) is 6.48. The number of thioether (sulfide) groups is 1. The summed E-state index contributed by atoms with van der Waals surface area (Å²) in [6, 6.07) is 11.8. The molecule has 2 aromatic carbocycles. The summed E-state index contributed by atoms with van der Waals surface area (Å²) < 4.78 is 11.3. The van der Waals surface area contributed by atoms with Crippen molar-refractivity contribution in [2.75, 3.05) is 19.8 Å². The van der Waals surface area contributed by atoms with E-state index in [0.29, 0.717) is 28.2 Å². The molecular weight excluding hydrogens is 406 g/mol. The number of hydrogen-bond acceptors (Lipinski definition) is 6. The standard InChI is InChI=1S/C22H23NO4S2/c1-4-26-18-10-9-15-7-5-6-8-16(15)17(18)11-19-21(25)23(22(28)29-19)12-20(24)27-13-14(2)3/h5-11,14H,4,12-13H2,1-3H3/b19-11-. The van der Waals surface area contributed by atoms with Crippen LogP contribution in [0, 0.1) is 5.92 Å². The lowest BCUT2D eigenvalue weighted by Gasteiger charge is -2.14. The van der Waals surface area contributed by atoms with Crippen molar-refractivity contribution in [3.8, 4) is 5.75 Å². The van der Waals surface area contributed by atoms with E-state index in [-0.39, 0.29) is 18.4 Å². The summed E-state index contributed by atoms with van der Waals surface area (Å²) >= 11 is 6.52. The summed E-state index contributed by atoms with van der Waals surface area (Å²) in [6.07, 6.45) is 1.80. The van der Waals surface area contributed by atoms with Crippen molar-refractivity contribution in [1.29, 1.82) is 0 Å². The second-order valence-corrected chi connectivity index (χ2v) is 8.65. The molecule has 2 aromatic rings. The van der Waals surface area contributed by atoms with Crippen LogP contribution in [0.25, 0.3) is 16.8 Å². The van der Waals surface area contributed by atoms with Crippen LogP contribution in [0.3, 0.4) is 0 Å². The number of carbonyl (C=O) groups is 2. The Bertz CT molecular complexity index is 984. The van der Waals surface area contributed by atoms with Crippen molar-refractivity contribution < 1.29 is 19.1 Å². The predicted octanol–water partition coefficient (Wildman–Crippen LogP) is 4.64. The van der Waals surface area contributed by atoms with Crippen LogP contribution in [-0.4, -0.2) is 40.9 Å². The van der Waals surface area contributed by atoms with Gasteiger partial charge in [-0.25, -0.2) is 0 Å². The fourth-order valence-corrected chi connectivity index (χ4v) is 4.14. The van der Waals surface area contributed by atoms with Crippen molar-refractivity contribution in [2.24, 2.45) is 5.92 Å². The third-order valence-electron chi connectivity index (χ3n) is 4.24. The molecule has 0 radical (unpaired) electrons. The number of fused-ring (bicyclic) bond motifs is 1. The van der Waals surface area contributed by atoms with E-state index >= 15 is 0 Å². The van der Waals surface area contributed by atoms with E-state index in [1.807, 2.05) is 57.2 Å². The van der Waals surface area contributed by atoms with E-state index in [0.717, 1.165) is 16.3 Å². The Morgan fingerprint density at radius 1 is 1.24 bits per heavy atom. The van der Waals surface area contributed by atoms with E-state index in [4.69, 9.17) is 21.7 Å². The van der Waals surface area contributed by atoms with Gasteiger partial charge in [0.05, 0.1) is 18.1 Å². The Morgan fingerprint density at radius 2 is 2.00 bits per heavy atom. The quantitative estimate of drug-likeness (QED) is 0.363. The van der Waals surface area contributed by atoms with Crippen molar-refractivity contribution in [2.45, 2.75) is 20.8 Å². The van der Waals surface area contributed by atoms with Gasteiger partial charge in [0.1, 0.15) is 16.6 Å². The Kier molecular flexibility index (Phi) is 6.92. The van der Waals surface area contributed by atoms with Gasteiger partial charge in [-0.1, -0.05) is 68.2 Å². The maximum atomic E-state index is 12.9. The van der Waals surface area contributed by atoms with Gasteiger partial charge in [-0.3, -0.25) is 14.5 Å². The zero-order valence-corrected chi connectivity index (χ0v) is 18.3. The number of amides is 1. The first kappa shape index (κ1) is 21.3. The molecular formula is C22H23NO4S2. The molecule has 152 valence electrons. The van der Waals surface area contributed by atoms with Crippen LogP contribution in [0.15, 0.2) is 41.3 Å². The Labute approximate surface area is 180 Å². The molecule has 0 bridgehead atoms. The largest absolute Gasteiger partial charge is 0.493 e. The number of ether oxygens (including phenoxy) is 2. The SMILES string of the molecule is CCOc1ccc2ccccc2c1/C=C1\SC(=S)N(CC(=O)OCC(C)C)C1=O. The molecule has 0 unspecified atom stereocenters. The fraction of sp³-hybridized carbons (Fsp3) is 0.318. The van der Waals surface area contributed by atoms with Gasteiger partial charge < -0.3 is 9.47 Å². The third kappa shape index (κ3) is 4.97. The van der Waals surface area contributed by atoms with Gasteiger partial charge in [-0.15, -0.1) is 0 Å². The predicted molar refractivity (Wildman–Crippen MR) is 121 cm³/mol. The van der Waals surface area contributed by atoms with E-state index in [9.17, 15) is 9.59 Å². The molecule has 0 N–H and O–H groups in total. The molecule has 1 amide bonds. The number of carbonyl (C=O) groups excluding carboxylic acids is 2. The lowest BCUT2D eigenvalue weighted by Crippen LogP contribution is -2.34. The van der Waals surface area contributed by atoms with E-state index < -0.39 is 5.97 Å². The minimum atomic E-state index is -0.462. The topological polar surface area (TPSA) is 55.8 Å². The molecule has 29 heavy (non-hydrogen) atoms. The van der Waals surface area contributed by atoms with Gasteiger partial charge in [-0.05, 0) is 35.8 Å². The normalized spacial score (nSPS) is 15.6. The minimum absolute atomic E-state index is 0.178. The van der Waals surface area contributed by atoms with Gasteiger partial charge in [-0.2, -0.15) is 0 Å². The molecule has 1 fully saturated rings. The summed E-state index contributed by atoms with van der Waals surface area (Å²) in [4.78, 5) is 26.7. The molecule has 1 aliphatic rings. The number of benzene rings is 2. The minimum Gasteiger partial charge on any atom is -0.493 e. The van der Waals surface area contributed by atoms with E-state index in [1.54, 1.807) is 6.08 Å². The maximum absolute atomic E-state index is 12.9. The maximum Gasteiger partial charge on any atom is 0.326 e. The van der Waals surface area contributed by atoms with E-state index in [1.165, 1.54) is 16.7 Å². The van der Waals surface area contributed by atoms with Gasteiger partial charge >= 0.3 is 5.97 Å². The lowest BCUT2D eigenvalue weighted by molar-refractivity contribution is -0.147. The molecule has 1 heterocycles. The summed E-state index contributed by atoms with van der Waals surface area (Å²) in [5.41, 5.74) is 0.827. The molecule has 0 spiro atoms. The first-order valence-corrected chi connectivity index (χ1v) is 10.7. The van der Waals surface area contributed by atoms with Crippen LogP contribution in [0.1, 0.15) is 26.3 Å². The van der Waals surface area contributed by atoms with Crippen LogP contribution in [0.2, 0.25) is 0 Å². The average Bonchev–Trinajstić information content (AvgIpc) is 2.95. The highest BCUT2D eigenvalue weighted by atomic mass is 32.2. The number of thiocarbonyl (C=S) groups is 1. The van der Waals surface area contributed by atoms with Crippen molar-refractivity contribution in [1.82, 2.24) is 4.90 Å². The van der Waals surface area contributed by atoms with Gasteiger partial charge in [0.25, 0.3) is 5.91 Å². The molecule has 0 atom stereocenters. The van der Waals surface area contributed by atoms with Crippen molar-refractivity contribution >= 4 is 57.0 Å². The van der Waals surface area contributed by atoms with Crippen molar-refractivity contribution in [3.05, 3.63) is 46.9 Å². The smallest absolute Gasteiger partial charge is 0.326 e. The number of nitrogens with zero attached hydrogens (tertiary/aromatic N) is 1. The van der Waals surface area contributed by atoms with Crippen LogP contribution in [0.5, 0.6) is 5.75 Å². The average molecular weight is 430 g/mol. The summed E-state index contributed by atoms with van der Waals surface area (Å²) in [5.74, 6) is 0.175. The highest BCUT2D eigenvalue weighted by Crippen LogP contribution is 2.37. The summed E-state index contributed by atoms with van der Waals surface area (Å²) in [5, 5.41) is 2.04. The Morgan fingerprint density at radius 3 is 2.72 bits per heavy atom. The second kappa shape index (κ2) is 9.41. The summed E-state index contributed by atoms with van der Waals surface area (Å²) in [7, 11) is 0.